The van der Waals surface area contributed by atoms with Crippen LogP contribution in [0.4, 0.5) is 0 Å². The van der Waals surface area contributed by atoms with Gasteiger partial charge in [0.2, 0.25) is 0 Å². The van der Waals surface area contributed by atoms with Crippen molar-refractivity contribution in [1.29, 1.82) is 0 Å². The molecule has 7 aliphatic rings. The molecule has 4 aliphatic heterocycles. The van der Waals surface area contributed by atoms with E-state index in [4.69, 9.17) is 42.6 Å². The number of fused-ring (bicyclic) bond motifs is 1. The highest BCUT2D eigenvalue weighted by Crippen LogP contribution is 2.44. The van der Waals surface area contributed by atoms with Crippen LogP contribution < -0.4 is 0 Å². The van der Waals surface area contributed by atoms with Crippen LogP contribution in [0.1, 0.15) is 64.2 Å². The molecule has 14 N–H and O–H groups in total. The van der Waals surface area contributed by atoms with Gasteiger partial charge in [0.05, 0.1) is 49.7 Å². The highest BCUT2D eigenvalue weighted by Gasteiger charge is 2.57. The fraction of sp³-hybridized carbons (Fsp3) is 0.930. The van der Waals surface area contributed by atoms with Gasteiger partial charge in [-0.2, -0.15) is 0 Å². The number of ether oxygens (including phenoxy) is 9. The number of aliphatic hydroxyl groups is 15. The minimum absolute atomic E-state index is 0.0317. The van der Waals surface area contributed by atoms with Crippen LogP contribution in [0, 0.1) is 17.8 Å². The Labute approximate surface area is 381 Å². The van der Waals surface area contributed by atoms with Gasteiger partial charge in [-0.15, -0.1) is 0 Å². The molecule has 9 unspecified atom stereocenters. The number of hydrogen-bond acceptors (Lipinski definition) is 22. The standard InChI is InChI=1S/C43H70O23/c1-58-25-10-17(2-8-22(25)48)3-9-30(49)59-16-29-33(52)36(55)40(66-42-38(57)35(54)32(51)28(15-45)64-42)43(65-29)62-26-13-21-23(60-39(26)18-4-6-19(46)7-5-18)11-20(47)12-24(21)61-41-37(56)34(53)31(50)27(14-44)63-41/h3,9,17-29,31-48,50-57H,2,4-8,10-16H2,1H3/p+1/t17?,18?,19?,20?,21?,22?,23?,24?,25?,26?,27-,28-,29-,31-,32-,33-,34+,35+,36+,37-,38-,39?,40-,41-,42+,43-/m1/s1. The van der Waals surface area contributed by atoms with Crippen molar-refractivity contribution in [3.8, 4) is 0 Å². The number of methoxy groups -OCH3 is 1. The first kappa shape index (κ1) is 52.2. The minimum atomic E-state index is -1.93. The molecule has 0 bridgehead atoms. The molecule has 7 rings (SSSR count). The molecule has 3 aliphatic carbocycles. The molecule has 4 heterocycles. The zero-order valence-corrected chi connectivity index (χ0v) is 36.8. The molecule has 0 spiro atoms. The van der Waals surface area contributed by atoms with Crippen molar-refractivity contribution in [2.75, 3.05) is 26.9 Å². The predicted molar refractivity (Wildman–Crippen MR) is 218 cm³/mol. The maximum atomic E-state index is 13.0. The lowest BCUT2D eigenvalue weighted by molar-refractivity contribution is -0.389. The fourth-order valence-corrected chi connectivity index (χ4v) is 10.8. The molecule has 380 valence electrons. The van der Waals surface area contributed by atoms with E-state index >= 15 is 0 Å². The van der Waals surface area contributed by atoms with Crippen LogP contribution in [0.3, 0.4) is 0 Å². The van der Waals surface area contributed by atoms with E-state index in [-0.39, 0.29) is 31.1 Å². The predicted octanol–water partition coefficient (Wildman–Crippen LogP) is -5.55. The van der Waals surface area contributed by atoms with E-state index in [9.17, 15) is 71.2 Å². The summed E-state index contributed by atoms with van der Waals surface area (Å²) in [4.78, 5) is 13.0. The van der Waals surface area contributed by atoms with Crippen LogP contribution >= 0.6 is 0 Å². The second-order valence-electron chi connectivity index (χ2n) is 19.1. The Morgan fingerprint density at radius 3 is 1.80 bits per heavy atom. The number of carbonyl (C=O) groups is 1. The first-order chi connectivity index (χ1) is 31.5. The zero-order chi connectivity index (χ0) is 47.6. The fourth-order valence-electron chi connectivity index (χ4n) is 10.8. The molecule has 4 saturated heterocycles. The van der Waals surface area contributed by atoms with E-state index < -0.39 is 173 Å². The van der Waals surface area contributed by atoms with Crippen LogP contribution in [0.2, 0.25) is 0 Å². The summed E-state index contributed by atoms with van der Waals surface area (Å²) in [5.41, 5.74) is 0. The van der Waals surface area contributed by atoms with Crippen LogP contribution in [-0.4, -0.2) is 245 Å². The number of esters is 1. The molecule has 0 radical (unpaired) electrons. The van der Waals surface area contributed by atoms with E-state index in [2.05, 4.69) is 0 Å². The SMILES string of the molecule is COC1CC(C=CC(=O)OC[C@H]2O[C@@H](OC3CC4C(O[C@@H]5O[C@H](CO)[C@@H](O)[C@H](O)[C@H]5O)CC(O)CC4[OH+]C3C3CCC(O)CC3)[C@H](O[C@@H]3O[C@H](CO)[C@@H](O)[C@H](O)[C@H]3O)[C@@H](O)[C@@H]2O)CCC1O. The van der Waals surface area contributed by atoms with Crippen molar-refractivity contribution < 1.29 is 114 Å². The Bertz CT molecular complexity index is 1550. The lowest BCUT2D eigenvalue weighted by atomic mass is 9.73. The van der Waals surface area contributed by atoms with Gasteiger partial charge in [-0.1, -0.05) is 6.08 Å². The van der Waals surface area contributed by atoms with E-state index in [1.807, 2.05) is 0 Å². The van der Waals surface area contributed by atoms with Gasteiger partial charge in [-0.3, -0.25) is 0 Å². The number of rotatable bonds is 14. The van der Waals surface area contributed by atoms with Crippen LogP contribution in [0.5, 0.6) is 0 Å². The largest absolute Gasteiger partial charge is 0.460 e. The third kappa shape index (κ3) is 11.8. The van der Waals surface area contributed by atoms with Crippen molar-refractivity contribution in [2.45, 2.75) is 205 Å². The summed E-state index contributed by atoms with van der Waals surface area (Å²) >= 11 is 0. The molecule has 7 fully saturated rings. The Hall–Kier alpha value is -1.63. The maximum Gasteiger partial charge on any atom is 0.330 e. The van der Waals surface area contributed by atoms with Gasteiger partial charge in [0, 0.05) is 31.9 Å². The molecular weight excluding hydrogens is 884 g/mol. The molecule has 0 aromatic carbocycles. The molecule has 0 aromatic rings. The van der Waals surface area contributed by atoms with Gasteiger partial charge in [-0.25, -0.2) is 4.79 Å². The topological polar surface area (TPSA) is 367 Å². The van der Waals surface area contributed by atoms with E-state index in [1.54, 1.807) is 6.08 Å². The Morgan fingerprint density at radius 1 is 0.591 bits per heavy atom. The number of hydrogen-bond donors (Lipinski definition) is 13. The van der Waals surface area contributed by atoms with Crippen molar-refractivity contribution in [2.24, 2.45) is 17.8 Å². The Kier molecular flexibility index (Phi) is 18.2. The minimum Gasteiger partial charge on any atom is -0.460 e. The molecular formula is C43H71O23+. The average Bonchev–Trinajstić information content (AvgIpc) is 3.30. The van der Waals surface area contributed by atoms with Gasteiger partial charge < -0.3 is 109 Å². The molecule has 3 saturated carbocycles. The molecule has 24 atom stereocenters. The van der Waals surface area contributed by atoms with Crippen LogP contribution in [-0.2, 0) is 42.7 Å². The lowest BCUT2D eigenvalue weighted by Crippen LogP contribution is -2.66. The Balaban J connectivity index is 1.14. The van der Waals surface area contributed by atoms with Crippen LogP contribution in [0.25, 0.3) is 0 Å². The smallest absolute Gasteiger partial charge is 0.330 e. The summed E-state index contributed by atoms with van der Waals surface area (Å²) < 4.78 is 52.6. The summed E-state index contributed by atoms with van der Waals surface area (Å²) in [7, 11) is 1.50. The second kappa shape index (κ2) is 23.1. The lowest BCUT2D eigenvalue weighted by Gasteiger charge is -2.50. The number of allylic oxidation sites excluding steroid dienone is 1. The van der Waals surface area contributed by atoms with Gasteiger partial charge in [0.25, 0.3) is 0 Å². The molecule has 66 heavy (non-hydrogen) atoms. The molecule has 0 aromatic heterocycles. The normalized spacial score (nSPS) is 50.5. The average molecular weight is 956 g/mol. The van der Waals surface area contributed by atoms with Crippen molar-refractivity contribution >= 4 is 5.97 Å². The maximum absolute atomic E-state index is 13.0. The summed E-state index contributed by atoms with van der Waals surface area (Å²) in [6.45, 7) is -2.08. The highest BCUT2D eigenvalue weighted by molar-refractivity contribution is 5.81. The monoisotopic (exact) mass is 955 g/mol. The quantitative estimate of drug-likeness (QED) is 0.0439. The van der Waals surface area contributed by atoms with E-state index in [0.29, 0.717) is 44.9 Å². The molecule has 23 heteroatoms. The Morgan fingerprint density at radius 2 is 1.18 bits per heavy atom. The van der Waals surface area contributed by atoms with Gasteiger partial charge in [-0.05, 0) is 57.3 Å². The third-order valence-electron chi connectivity index (χ3n) is 14.7. The first-order valence-electron chi connectivity index (χ1n) is 23.2. The first-order valence-corrected chi connectivity index (χ1v) is 23.2. The van der Waals surface area contributed by atoms with Gasteiger partial charge >= 0.3 is 5.97 Å². The number of carbonyl (C=O) groups excluding carboxylic acids is 1. The van der Waals surface area contributed by atoms with Crippen LogP contribution in [0.15, 0.2) is 12.2 Å². The summed E-state index contributed by atoms with van der Waals surface area (Å²) in [6.07, 6.45) is -23.8. The summed E-state index contributed by atoms with van der Waals surface area (Å²) in [5.74, 6) is -1.60. The molecule has 23 nitrogen and oxygen atoms in total. The number of aliphatic hydroxyl groups excluding tert-OH is 13. The molecule has 0 amide bonds. The summed E-state index contributed by atoms with van der Waals surface area (Å²) in [5, 5.41) is 138. The van der Waals surface area contributed by atoms with E-state index in [1.165, 1.54) is 13.2 Å². The van der Waals surface area contributed by atoms with Gasteiger partial charge in [0.15, 0.2) is 31.1 Å². The second-order valence-corrected chi connectivity index (χ2v) is 19.1. The van der Waals surface area contributed by atoms with Crippen molar-refractivity contribution in [3.63, 3.8) is 0 Å². The van der Waals surface area contributed by atoms with Crippen molar-refractivity contribution in [3.05, 3.63) is 12.2 Å². The highest BCUT2D eigenvalue weighted by atomic mass is 16.8. The van der Waals surface area contributed by atoms with Gasteiger partial charge in [0.1, 0.15) is 86.0 Å². The summed E-state index contributed by atoms with van der Waals surface area (Å²) in [6, 6.07) is 0. The zero-order valence-electron chi connectivity index (χ0n) is 36.8. The van der Waals surface area contributed by atoms with Crippen molar-refractivity contribution in [1.82, 2.24) is 0 Å². The van der Waals surface area contributed by atoms with E-state index in [0.717, 1.165) is 0 Å². The third-order valence-corrected chi connectivity index (χ3v) is 14.7.